The minimum atomic E-state index is -3.88. The number of benzene rings is 1. The van der Waals surface area contributed by atoms with Crippen molar-refractivity contribution in [1.82, 2.24) is 0 Å². The number of hydrogen-bond acceptors (Lipinski definition) is 4. The minimum Gasteiger partial charge on any atom is -0.477 e. The Labute approximate surface area is 135 Å². The molecular weight excluding hydrogens is 434 g/mol. The second kappa shape index (κ2) is 5.84. The van der Waals surface area contributed by atoms with Crippen LogP contribution in [0.5, 0.6) is 0 Å². The summed E-state index contributed by atoms with van der Waals surface area (Å²) in [5.41, 5.74) is 0.0503. The average molecular weight is 441 g/mol. The Hall–Kier alpha value is -0.900. The lowest BCUT2D eigenvalue weighted by Gasteiger charge is -2.09. The summed E-state index contributed by atoms with van der Waals surface area (Å²) < 4.78 is 27.9. The number of carboxylic acids is 1. The van der Waals surface area contributed by atoms with Crippen LogP contribution in [0.2, 0.25) is 0 Å². The predicted molar refractivity (Wildman–Crippen MR) is 83.9 cm³/mol. The van der Waals surface area contributed by atoms with E-state index in [2.05, 4.69) is 36.6 Å². The Morgan fingerprint density at radius 3 is 2.60 bits per heavy atom. The third-order valence-corrected chi connectivity index (χ3v) is 6.04. The van der Waals surface area contributed by atoms with Gasteiger partial charge in [0, 0.05) is 8.95 Å². The molecule has 0 amide bonds. The molecule has 0 aliphatic carbocycles. The SMILES string of the molecule is O=C(O)c1sccc1NS(=O)(=O)c1cc(Br)ccc1Br. The van der Waals surface area contributed by atoms with Crippen LogP contribution < -0.4 is 4.72 Å². The fourth-order valence-electron chi connectivity index (χ4n) is 1.44. The summed E-state index contributed by atoms with van der Waals surface area (Å²) in [5, 5.41) is 10.5. The summed E-state index contributed by atoms with van der Waals surface area (Å²) in [6.45, 7) is 0. The first-order valence-electron chi connectivity index (χ1n) is 5.10. The Morgan fingerprint density at radius 1 is 1.25 bits per heavy atom. The van der Waals surface area contributed by atoms with Crippen LogP contribution >= 0.6 is 43.2 Å². The van der Waals surface area contributed by atoms with Crippen LogP contribution in [-0.4, -0.2) is 19.5 Å². The summed E-state index contributed by atoms with van der Waals surface area (Å²) in [5.74, 6) is -1.17. The zero-order valence-corrected chi connectivity index (χ0v) is 14.4. The van der Waals surface area contributed by atoms with Gasteiger partial charge in [-0.3, -0.25) is 4.72 Å². The Balaban J connectivity index is 2.44. The smallest absolute Gasteiger partial charge is 0.348 e. The lowest BCUT2D eigenvalue weighted by molar-refractivity contribution is 0.0703. The van der Waals surface area contributed by atoms with Gasteiger partial charge in [-0.25, -0.2) is 13.2 Å². The standard InChI is InChI=1S/C11H7Br2NO4S2/c12-6-1-2-7(13)9(5-6)20(17,18)14-8-3-4-19-10(8)11(15)16/h1-5,14H,(H,15,16). The van der Waals surface area contributed by atoms with Gasteiger partial charge >= 0.3 is 5.97 Å². The highest BCUT2D eigenvalue weighted by atomic mass is 79.9. The Kier molecular flexibility index (Phi) is 4.52. The molecule has 0 aliphatic heterocycles. The van der Waals surface area contributed by atoms with E-state index in [1.807, 2.05) is 0 Å². The van der Waals surface area contributed by atoms with Crippen molar-refractivity contribution >= 4 is 64.9 Å². The van der Waals surface area contributed by atoms with E-state index in [0.29, 0.717) is 8.95 Å². The van der Waals surface area contributed by atoms with Crippen molar-refractivity contribution in [3.63, 3.8) is 0 Å². The van der Waals surface area contributed by atoms with Crippen LogP contribution in [0.15, 0.2) is 43.5 Å². The van der Waals surface area contributed by atoms with Crippen molar-refractivity contribution in [3.05, 3.63) is 43.5 Å². The maximum absolute atomic E-state index is 12.3. The van der Waals surface area contributed by atoms with E-state index in [1.54, 1.807) is 12.1 Å². The van der Waals surface area contributed by atoms with Crippen molar-refractivity contribution in [2.45, 2.75) is 4.90 Å². The molecule has 1 heterocycles. The second-order valence-electron chi connectivity index (χ2n) is 3.65. The van der Waals surface area contributed by atoms with Gasteiger partial charge in [-0.05, 0) is 45.6 Å². The van der Waals surface area contributed by atoms with E-state index >= 15 is 0 Å². The molecule has 0 saturated heterocycles. The van der Waals surface area contributed by atoms with Crippen LogP contribution in [0.4, 0.5) is 5.69 Å². The van der Waals surface area contributed by atoms with Gasteiger partial charge in [-0.2, -0.15) is 0 Å². The molecule has 1 aromatic heterocycles. The van der Waals surface area contributed by atoms with E-state index in [-0.39, 0.29) is 15.5 Å². The second-order valence-corrected chi connectivity index (χ2v) is 7.99. The largest absolute Gasteiger partial charge is 0.477 e. The molecule has 0 aliphatic rings. The summed E-state index contributed by atoms with van der Waals surface area (Å²) in [7, 11) is -3.88. The highest BCUT2D eigenvalue weighted by Gasteiger charge is 2.21. The normalized spacial score (nSPS) is 11.3. The van der Waals surface area contributed by atoms with E-state index < -0.39 is 16.0 Å². The predicted octanol–water partition coefficient (Wildman–Crippen LogP) is 3.77. The highest BCUT2D eigenvalue weighted by molar-refractivity contribution is 9.11. The van der Waals surface area contributed by atoms with Crippen LogP contribution in [0.3, 0.4) is 0 Å². The third-order valence-electron chi connectivity index (χ3n) is 2.29. The summed E-state index contributed by atoms with van der Waals surface area (Å²) >= 11 is 7.32. The fraction of sp³-hybridized carbons (Fsp3) is 0. The number of nitrogens with one attached hydrogen (secondary N) is 1. The molecule has 0 radical (unpaired) electrons. The molecule has 0 bridgehead atoms. The molecule has 9 heteroatoms. The summed E-state index contributed by atoms with van der Waals surface area (Å²) in [4.78, 5) is 11.0. The third kappa shape index (κ3) is 3.22. The molecule has 2 rings (SSSR count). The first kappa shape index (κ1) is 15.5. The van der Waals surface area contributed by atoms with Gasteiger partial charge in [0.2, 0.25) is 0 Å². The van der Waals surface area contributed by atoms with Gasteiger partial charge in [0.1, 0.15) is 9.77 Å². The fourth-order valence-corrected chi connectivity index (χ4v) is 4.76. The van der Waals surface area contributed by atoms with E-state index in [9.17, 15) is 13.2 Å². The summed E-state index contributed by atoms with van der Waals surface area (Å²) in [6.07, 6.45) is 0. The quantitative estimate of drug-likeness (QED) is 0.757. The lowest BCUT2D eigenvalue weighted by atomic mass is 10.4. The number of carbonyl (C=O) groups is 1. The van der Waals surface area contributed by atoms with Crippen molar-refractivity contribution in [3.8, 4) is 0 Å². The Morgan fingerprint density at radius 2 is 1.95 bits per heavy atom. The number of rotatable bonds is 4. The van der Waals surface area contributed by atoms with Crippen molar-refractivity contribution < 1.29 is 18.3 Å². The van der Waals surface area contributed by atoms with Gasteiger partial charge in [-0.15, -0.1) is 11.3 Å². The first-order chi connectivity index (χ1) is 9.31. The van der Waals surface area contributed by atoms with E-state index in [0.717, 1.165) is 11.3 Å². The average Bonchev–Trinajstić information content (AvgIpc) is 2.79. The van der Waals surface area contributed by atoms with E-state index in [1.165, 1.54) is 17.5 Å². The zero-order valence-electron chi connectivity index (χ0n) is 9.63. The van der Waals surface area contributed by atoms with Gasteiger partial charge in [0.15, 0.2) is 0 Å². The highest BCUT2D eigenvalue weighted by Crippen LogP contribution is 2.29. The van der Waals surface area contributed by atoms with Crippen LogP contribution in [-0.2, 0) is 10.0 Å². The first-order valence-corrected chi connectivity index (χ1v) is 9.05. The van der Waals surface area contributed by atoms with Crippen LogP contribution in [0.25, 0.3) is 0 Å². The number of aromatic carboxylic acids is 1. The molecule has 20 heavy (non-hydrogen) atoms. The van der Waals surface area contributed by atoms with Gasteiger partial charge in [0.05, 0.1) is 5.69 Å². The number of hydrogen-bond donors (Lipinski definition) is 2. The molecule has 2 N–H and O–H groups in total. The lowest BCUT2D eigenvalue weighted by Crippen LogP contribution is -2.15. The molecule has 0 saturated carbocycles. The monoisotopic (exact) mass is 439 g/mol. The van der Waals surface area contributed by atoms with E-state index in [4.69, 9.17) is 5.11 Å². The van der Waals surface area contributed by atoms with Crippen molar-refractivity contribution in [1.29, 1.82) is 0 Å². The number of carboxylic acid groups (broad SMARTS) is 1. The maximum atomic E-state index is 12.3. The molecule has 106 valence electrons. The molecule has 5 nitrogen and oxygen atoms in total. The molecule has 2 aromatic rings. The minimum absolute atomic E-state index is 0.0226. The van der Waals surface area contributed by atoms with Crippen molar-refractivity contribution in [2.75, 3.05) is 4.72 Å². The summed E-state index contributed by atoms with van der Waals surface area (Å²) in [6, 6.07) is 6.12. The Bertz CT molecular complexity index is 770. The van der Waals surface area contributed by atoms with Crippen LogP contribution in [0.1, 0.15) is 9.67 Å². The molecule has 0 atom stereocenters. The van der Waals surface area contributed by atoms with Crippen LogP contribution in [0, 0.1) is 0 Å². The topological polar surface area (TPSA) is 83.5 Å². The number of halogens is 2. The molecule has 1 aromatic carbocycles. The maximum Gasteiger partial charge on any atom is 0.348 e. The van der Waals surface area contributed by atoms with Crippen molar-refractivity contribution in [2.24, 2.45) is 0 Å². The van der Waals surface area contributed by atoms with Gasteiger partial charge in [-0.1, -0.05) is 15.9 Å². The van der Waals surface area contributed by atoms with Gasteiger partial charge < -0.3 is 5.11 Å². The number of thiophene rings is 1. The molecular formula is C11H7Br2NO4S2. The number of sulfonamides is 1. The number of anilines is 1. The zero-order chi connectivity index (χ0) is 14.9. The molecule has 0 fully saturated rings. The molecule has 0 spiro atoms. The van der Waals surface area contributed by atoms with Gasteiger partial charge in [0.25, 0.3) is 10.0 Å². The molecule has 0 unspecified atom stereocenters.